The summed E-state index contributed by atoms with van der Waals surface area (Å²) in [6.07, 6.45) is 0.509. The van der Waals surface area contributed by atoms with Crippen LogP contribution in [0.25, 0.3) is 11.4 Å². The number of carbonyl (C=O) groups excluding carboxylic acids is 1. The Kier molecular flexibility index (Phi) is 5.02. The van der Waals surface area contributed by atoms with Crippen molar-refractivity contribution in [1.82, 2.24) is 15.0 Å². The van der Waals surface area contributed by atoms with Gasteiger partial charge >= 0.3 is 6.09 Å². The Hall–Kier alpha value is -2.37. The Balaban J connectivity index is 1.58. The van der Waals surface area contributed by atoms with Crippen LogP contribution in [0.5, 0.6) is 0 Å². The summed E-state index contributed by atoms with van der Waals surface area (Å²) in [6.45, 7) is 13.4. The maximum atomic E-state index is 12.0. The second-order valence-electron chi connectivity index (χ2n) is 9.45. The highest BCUT2D eigenvalue weighted by molar-refractivity contribution is 5.69. The summed E-state index contributed by atoms with van der Waals surface area (Å²) in [6, 6.07) is 8.17. The minimum absolute atomic E-state index is 0.109. The molecule has 0 saturated carbocycles. The highest BCUT2D eigenvalue weighted by Crippen LogP contribution is 2.30. The number of ether oxygens (including phenoxy) is 1. The highest BCUT2D eigenvalue weighted by Gasteiger charge is 2.34. The maximum absolute atomic E-state index is 12.0. The van der Waals surface area contributed by atoms with E-state index in [2.05, 4.69) is 43.0 Å². The Morgan fingerprint density at radius 3 is 2.33 bits per heavy atom. The quantitative estimate of drug-likeness (QED) is 0.785. The van der Waals surface area contributed by atoms with Gasteiger partial charge in [-0.2, -0.15) is 4.98 Å². The lowest BCUT2D eigenvalue weighted by atomic mass is 9.91. The van der Waals surface area contributed by atoms with Crippen molar-refractivity contribution < 1.29 is 14.1 Å². The van der Waals surface area contributed by atoms with Crippen molar-refractivity contribution in [2.75, 3.05) is 13.1 Å². The number of amides is 1. The molecule has 1 aliphatic rings. The molecule has 0 atom stereocenters. The fraction of sp³-hybridized carbons (Fsp3) is 0.571. The van der Waals surface area contributed by atoms with Crippen LogP contribution in [0, 0.1) is 5.41 Å². The van der Waals surface area contributed by atoms with E-state index in [4.69, 9.17) is 9.26 Å². The Morgan fingerprint density at radius 1 is 1.15 bits per heavy atom. The van der Waals surface area contributed by atoms with Gasteiger partial charge in [-0.25, -0.2) is 4.79 Å². The van der Waals surface area contributed by atoms with Crippen molar-refractivity contribution >= 4 is 6.09 Å². The molecular weight excluding hydrogens is 342 g/mol. The van der Waals surface area contributed by atoms with E-state index < -0.39 is 5.60 Å². The molecule has 1 aliphatic heterocycles. The Bertz CT molecular complexity index is 791. The van der Waals surface area contributed by atoms with Crippen LogP contribution in [0.3, 0.4) is 0 Å². The predicted molar refractivity (Wildman–Crippen MR) is 103 cm³/mol. The van der Waals surface area contributed by atoms with Crippen LogP contribution in [-0.2, 0) is 11.2 Å². The molecule has 1 aromatic carbocycles. The second-order valence-corrected chi connectivity index (χ2v) is 9.45. The third-order valence-corrected chi connectivity index (χ3v) is 4.32. The molecule has 1 saturated heterocycles. The van der Waals surface area contributed by atoms with Gasteiger partial charge in [-0.1, -0.05) is 50.2 Å². The van der Waals surface area contributed by atoms with Crippen molar-refractivity contribution in [1.29, 1.82) is 0 Å². The van der Waals surface area contributed by atoms with Crippen LogP contribution in [0.2, 0.25) is 0 Å². The van der Waals surface area contributed by atoms with Gasteiger partial charge in [-0.15, -0.1) is 0 Å². The fourth-order valence-electron chi connectivity index (χ4n) is 2.97. The number of hydrogen-bond donors (Lipinski definition) is 0. The summed E-state index contributed by atoms with van der Waals surface area (Å²) in [5.41, 5.74) is 1.79. The fourth-order valence-corrected chi connectivity index (χ4v) is 2.97. The molecule has 6 nitrogen and oxygen atoms in total. The van der Waals surface area contributed by atoms with Crippen molar-refractivity contribution in [3.8, 4) is 11.4 Å². The number of benzene rings is 1. The van der Waals surface area contributed by atoms with Crippen molar-refractivity contribution in [3.05, 3.63) is 35.7 Å². The van der Waals surface area contributed by atoms with Crippen LogP contribution in [0.4, 0.5) is 4.79 Å². The average molecular weight is 371 g/mol. The number of carbonyl (C=O) groups is 1. The van der Waals surface area contributed by atoms with Crippen molar-refractivity contribution in [2.45, 2.75) is 59.5 Å². The van der Waals surface area contributed by atoms with E-state index in [9.17, 15) is 4.79 Å². The van der Waals surface area contributed by atoms with Crippen molar-refractivity contribution in [3.63, 3.8) is 0 Å². The lowest BCUT2D eigenvalue weighted by Gasteiger charge is -2.40. The van der Waals surface area contributed by atoms with Gasteiger partial charge in [0.25, 0.3) is 0 Å². The van der Waals surface area contributed by atoms with Crippen LogP contribution >= 0.6 is 0 Å². The van der Waals surface area contributed by atoms with E-state index in [1.54, 1.807) is 4.90 Å². The van der Waals surface area contributed by atoms with Crippen LogP contribution in [0.1, 0.15) is 58.9 Å². The van der Waals surface area contributed by atoms with Gasteiger partial charge in [0.2, 0.25) is 11.7 Å². The van der Waals surface area contributed by atoms with E-state index in [0.29, 0.717) is 30.7 Å². The lowest BCUT2D eigenvalue weighted by Crippen LogP contribution is -2.50. The molecule has 3 rings (SSSR count). The van der Waals surface area contributed by atoms with E-state index in [0.717, 1.165) is 12.0 Å². The summed E-state index contributed by atoms with van der Waals surface area (Å²) >= 11 is 0. The van der Waals surface area contributed by atoms with E-state index in [1.807, 2.05) is 32.9 Å². The molecule has 27 heavy (non-hydrogen) atoms. The third-order valence-electron chi connectivity index (χ3n) is 4.32. The molecule has 0 N–H and O–H groups in total. The first kappa shape index (κ1) is 19.4. The van der Waals surface area contributed by atoms with Crippen LogP contribution in [0.15, 0.2) is 28.8 Å². The molecule has 1 aromatic heterocycles. The zero-order valence-corrected chi connectivity index (χ0v) is 17.1. The molecular formula is C21H29N3O3. The van der Waals surface area contributed by atoms with Gasteiger partial charge in [0, 0.05) is 31.0 Å². The predicted octanol–water partition coefficient (Wildman–Crippen LogP) is 4.66. The van der Waals surface area contributed by atoms with E-state index >= 15 is 0 Å². The molecule has 1 amide bonds. The summed E-state index contributed by atoms with van der Waals surface area (Å²) in [5.74, 6) is 1.62. The molecule has 0 bridgehead atoms. The summed E-state index contributed by atoms with van der Waals surface area (Å²) in [5, 5.41) is 4.09. The normalized spacial score (nSPS) is 15.6. The second kappa shape index (κ2) is 6.98. The highest BCUT2D eigenvalue weighted by atomic mass is 16.6. The first-order valence-electron chi connectivity index (χ1n) is 9.41. The SMILES string of the molecule is CC(C)(C)Cc1nc(-c2ccc(C3CN(C(=O)OC(C)(C)C)C3)cc2)no1. The van der Waals surface area contributed by atoms with Gasteiger partial charge in [0.05, 0.1) is 0 Å². The van der Waals surface area contributed by atoms with E-state index in [-0.39, 0.29) is 11.5 Å². The van der Waals surface area contributed by atoms with Gasteiger partial charge in [0.1, 0.15) is 5.60 Å². The largest absolute Gasteiger partial charge is 0.444 e. The third kappa shape index (κ3) is 5.08. The molecule has 0 radical (unpaired) electrons. The number of rotatable bonds is 3. The zero-order chi connectivity index (χ0) is 19.8. The molecule has 2 heterocycles. The van der Waals surface area contributed by atoms with Crippen LogP contribution in [-0.4, -0.2) is 39.8 Å². The molecule has 146 valence electrons. The smallest absolute Gasteiger partial charge is 0.410 e. The topological polar surface area (TPSA) is 68.5 Å². The first-order chi connectivity index (χ1) is 12.5. The van der Waals surface area contributed by atoms with Gasteiger partial charge < -0.3 is 14.2 Å². The Labute approximate surface area is 160 Å². The molecule has 0 aliphatic carbocycles. The zero-order valence-electron chi connectivity index (χ0n) is 17.1. The lowest BCUT2D eigenvalue weighted by molar-refractivity contribution is 0.00819. The van der Waals surface area contributed by atoms with Crippen molar-refractivity contribution in [2.24, 2.45) is 5.41 Å². The summed E-state index contributed by atoms with van der Waals surface area (Å²) < 4.78 is 10.8. The average Bonchev–Trinajstić information content (AvgIpc) is 2.90. The van der Waals surface area contributed by atoms with Gasteiger partial charge in [-0.3, -0.25) is 0 Å². The Morgan fingerprint density at radius 2 is 1.78 bits per heavy atom. The summed E-state index contributed by atoms with van der Waals surface area (Å²) in [4.78, 5) is 18.3. The maximum Gasteiger partial charge on any atom is 0.410 e. The van der Waals surface area contributed by atoms with Gasteiger partial charge in [-0.05, 0) is 31.7 Å². The monoisotopic (exact) mass is 371 g/mol. The minimum atomic E-state index is -0.458. The number of nitrogens with zero attached hydrogens (tertiary/aromatic N) is 3. The molecule has 6 heteroatoms. The molecule has 2 aromatic rings. The van der Waals surface area contributed by atoms with Crippen LogP contribution < -0.4 is 0 Å². The first-order valence-corrected chi connectivity index (χ1v) is 9.41. The molecule has 1 fully saturated rings. The minimum Gasteiger partial charge on any atom is -0.444 e. The number of aromatic nitrogens is 2. The van der Waals surface area contributed by atoms with Gasteiger partial charge in [0.15, 0.2) is 0 Å². The molecule has 0 spiro atoms. The molecule has 0 unspecified atom stereocenters. The number of likely N-dealkylation sites (tertiary alicyclic amines) is 1. The standard InChI is InChI=1S/C21H29N3O3/c1-20(2,3)11-17-22-18(23-27-17)15-9-7-14(8-10-15)16-12-24(13-16)19(25)26-21(4,5)6/h7-10,16H,11-13H2,1-6H3. The number of hydrogen-bond acceptors (Lipinski definition) is 5. The van der Waals surface area contributed by atoms with E-state index in [1.165, 1.54) is 5.56 Å². The summed E-state index contributed by atoms with van der Waals surface area (Å²) in [7, 11) is 0.